The molecule has 0 fully saturated rings. The number of hydrogen-bond donors (Lipinski definition) is 0. The smallest absolute Gasteiger partial charge is 0.123 e. The normalized spacial score (nSPS) is 23.1. The predicted octanol–water partition coefficient (Wildman–Crippen LogP) is 2.45. The van der Waals surface area contributed by atoms with E-state index in [1.54, 1.807) is 0 Å². The first-order chi connectivity index (χ1) is 5.33. The minimum atomic E-state index is -0.416. The van der Waals surface area contributed by atoms with Crippen molar-refractivity contribution in [1.29, 1.82) is 0 Å². The van der Waals surface area contributed by atoms with Crippen LogP contribution < -0.4 is 0 Å². The van der Waals surface area contributed by atoms with Crippen molar-refractivity contribution < 1.29 is 9.13 Å². The lowest BCUT2D eigenvalue weighted by molar-refractivity contribution is 0.195. The van der Waals surface area contributed by atoms with Crippen molar-refractivity contribution >= 4 is 0 Å². The topological polar surface area (TPSA) is 9.23 Å². The van der Waals surface area contributed by atoms with Gasteiger partial charge in [0, 0.05) is 0 Å². The van der Waals surface area contributed by atoms with Crippen molar-refractivity contribution in [2.24, 2.45) is 5.92 Å². The summed E-state index contributed by atoms with van der Waals surface area (Å²) >= 11 is 0. The summed E-state index contributed by atoms with van der Waals surface area (Å²) in [6, 6.07) is 0. The Morgan fingerprint density at radius 3 is 3.09 bits per heavy atom. The van der Waals surface area contributed by atoms with Crippen LogP contribution in [-0.4, -0.2) is 13.3 Å². The molecule has 1 aliphatic carbocycles. The predicted molar refractivity (Wildman–Crippen MR) is 42.9 cm³/mol. The molecule has 0 aromatic heterocycles. The van der Waals surface area contributed by atoms with Gasteiger partial charge in [-0.05, 0) is 24.5 Å². The molecule has 0 N–H and O–H groups in total. The van der Waals surface area contributed by atoms with E-state index in [1.165, 1.54) is 0 Å². The van der Waals surface area contributed by atoms with Crippen LogP contribution in [0.1, 0.15) is 13.3 Å². The molecule has 1 atom stereocenters. The molecule has 0 aromatic rings. The fourth-order valence-electron chi connectivity index (χ4n) is 0.971. The summed E-state index contributed by atoms with van der Waals surface area (Å²) in [5.41, 5.74) is 0. The summed E-state index contributed by atoms with van der Waals surface area (Å²) in [7, 11) is 0. The number of rotatable bonds is 3. The molecule has 0 radical (unpaired) electrons. The fraction of sp³-hybridized carbons (Fsp3) is 0.556. The Balaban J connectivity index is 2.31. The Labute approximate surface area is 66.6 Å². The molecule has 0 heterocycles. The van der Waals surface area contributed by atoms with E-state index in [1.807, 2.05) is 12.2 Å². The average Bonchev–Trinajstić information content (AvgIpc) is 2.04. The molecule has 1 unspecified atom stereocenters. The molecular formula is C9H13FO. The van der Waals surface area contributed by atoms with Crippen LogP contribution in [0.2, 0.25) is 0 Å². The summed E-state index contributed by atoms with van der Waals surface area (Å²) in [5.74, 6) is 1.40. The zero-order valence-electron chi connectivity index (χ0n) is 6.72. The van der Waals surface area contributed by atoms with Gasteiger partial charge in [0.05, 0.1) is 0 Å². The second-order valence-corrected chi connectivity index (χ2v) is 2.72. The third kappa shape index (κ3) is 2.74. The fourth-order valence-corrected chi connectivity index (χ4v) is 0.971. The van der Waals surface area contributed by atoms with Gasteiger partial charge in [-0.3, -0.25) is 0 Å². The van der Waals surface area contributed by atoms with Gasteiger partial charge < -0.3 is 4.74 Å². The molecule has 0 saturated carbocycles. The third-order valence-corrected chi connectivity index (χ3v) is 1.63. The van der Waals surface area contributed by atoms with Crippen molar-refractivity contribution in [2.75, 3.05) is 13.3 Å². The first-order valence-corrected chi connectivity index (χ1v) is 3.90. The lowest BCUT2D eigenvalue weighted by atomic mass is 10.0. The second kappa shape index (κ2) is 4.16. The average molecular weight is 156 g/mol. The molecule has 0 saturated heterocycles. The summed E-state index contributed by atoms with van der Waals surface area (Å²) < 4.78 is 16.7. The molecule has 1 aliphatic rings. The first kappa shape index (κ1) is 8.31. The summed E-state index contributed by atoms with van der Waals surface area (Å²) in [6.45, 7) is 1.89. The van der Waals surface area contributed by atoms with E-state index in [0.717, 1.165) is 12.2 Å². The van der Waals surface area contributed by atoms with Gasteiger partial charge in [0.1, 0.15) is 19.0 Å². The molecule has 11 heavy (non-hydrogen) atoms. The molecule has 0 aliphatic heterocycles. The Bertz CT molecular complexity index is 172. The van der Waals surface area contributed by atoms with E-state index < -0.39 is 6.67 Å². The first-order valence-electron chi connectivity index (χ1n) is 3.90. The summed E-state index contributed by atoms with van der Waals surface area (Å²) in [5, 5.41) is 0. The van der Waals surface area contributed by atoms with Crippen LogP contribution in [-0.2, 0) is 4.74 Å². The van der Waals surface area contributed by atoms with Crippen LogP contribution >= 0.6 is 0 Å². The SMILES string of the molecule is CC1C=CC(OCCF)=CC1. The largest absolute Gasteiger partial charge is 0.491 e. The molecule has 0 aromatic carbocycles. The van der Waals surface area contributed by atoms with Gasteiger partial charge in [0.2, 0.25) is 0 Å². The van der Waals surface area contributed by atoms with Gasteiger partial charge in [0.15, 0.2) is 0 Å². The van der Waals surface area contributed by atoms with Crippen LogP contribution in [0.3, 0.4) is 0 Å². The molecule has 62 valence electrons. The Morgan fingerprint density at radius 2 is 2.55 bits per heavy atom. The van der Waals surface area contributed by atoms with Crippen molar-refractivity contribution in [3.63, 3.8) is 0 Å². The number of halogens is 1. The molecule has 1 nitrogen and oxygen atoms in total. The van der Waals surface area contributed by atoms with Crippen LogP contribution in [0.5, 0.6) is 0 Å². The minimum absolute atomic E-state index is 0.171. The van der Waals surface area contributed by atoms with Crippen molar-refractivity contribution in [2.45, 2.75) is 13.3 Å². The summed E-state index contributed by atoms with van der Waals surface area (Å²) in [6.07, 6.45) is 6.98. The lowest BCUT2D eigenvalue weighted by Gasteiger charge is -2.11. The Morgan fingerprint density at radius 1 is 1.73 bits per heavy atom. The minimum Gasteiger partial charge on any atom is -0.491 e. The van der Waals surface area contributed by atoms with Gasteiger partial charge >= 0.3 is 0 Å². The number of allylic oxidation sites excluding steroid dienone is 3. The van der Waals surface area contributed by atoms with Crippen molar-refractivity contribution in [3.8, 4) is 0 Å². The maximum absolute atomic E-state index is 11.6. The quantitative estimate of drug-likeness (QED) is 0.609. The van der Waals surface area contributed by atoms with E-state index in [-0.39, 0.29) is 6.61 Å². The Kier molecular flexibility index (Phi) is 3.14. The van der Waals surface area contributed by atoms with Gasteiger partial charge in [-0.25, -0.2) is 4.39 Å². The van der Waals surface area contributed by atoms with Crippen LogP contribution in [0.15, 0.2) is 24.0 Å². The number of ether oxygens (including phenoxy) is 1. The molecular weight excluding hydrogens is 143 g/mol. The van der Waals surface area contributed by atoms with E-state index >= 15 is 0 Å². The van der Waals surface area contributed by atoms with E-state index in [2.05, 4.69) is 13.0 Å². The molecule has 0 spiro atoms. The van der Waals surface area contributed by atoms with Gasteiger partial charge in [-0.15, -0.1) is 0 Å². The van der Waals surface area contributed by atoms with Gasteiger partial charge in [-0.1, -0.05) is 13.0 Å². The lowest BCUT2D eigenvalue weighted by Crippen LogP contribution is -2.00. The van der Waals surface area contributed by atoms with E-state index in [4.69, 9.17) is 4.74 Å². The summed E-state index contributed by atoms with van der Waals surface area (Å²) in [4.78, 5) is 0. The monoisotopic (exact) mass is 156 g/mol. The zero-order chi connectivity index (χ0) is 8.10. The maximum Gasteiger partial charge on any atom is 0.123 e. The Hall–Kier alpha value is -0.790. The van der Waals surface area contributed by atoms with Crippen molar-refractivity contribution in [3.05, 3.63) is 24.0 Å². The molecule has 0 amide bonds. The van der Waals surface area contributed by atoms with E-state index in [9.17, 15) is 4.39 Å². The maximum atomic E-state index is 11.6. The van der Waals surface area contributed by atoms with Crippen LogP contribution in [0.25, 0.3) is 0 Å². The zero-order valence-corrected chi connectivity index (χ0v) is 6.72. The molecule has 1 rings (SSSR count). The third-order valence-electron chi connectivity index (χ3n) is 1.63. The number of hydrogen-bond acceptors (Lipinski definition) is 1. The van der Waals surface area contributed by atoms with Crippen LogP contribution in [0.4, 0.5) is 4.39 Å². The second-order valence-electron chi connectivity index (χ2n) is 2.72. The highest BCUT2D eigenvalue weighted by Gasteiger charge is 2.03. The number of alkyl halides is 1. The standard InChI is InChI=1S/C9H13FO/c1-8-2-4-9(5-3-8)11-7-6-10/h2,4-5,8H,3,6-7H2,1H3. The van der Waals surface area contributed by atoms with E-state index in [0.29, 0.717) is 5.92 Å². The van der Waals surface area contributed by atoms with Gasteiger partial charge in [-0.2, -0.15) is 0 Å². The molecule has 0 bridgehead atoms. The van der Waals surface area contributed by atoms with Crippen LogP contribution in [0, 0.1) is 5.92 Å². The highest BCUT2D eigenvalue weighted by atomic mass is 19.1. The van der Waals surface area contributed by atoms with Gasteiger partial charge in [0.25, 0.3) is 0 Å². The highest BCUT2D eigenvalue weighted by molar-refractivity contribution is 5.17. The van der Waals surface area contributed by atoms with Crippen molar-refractivity contribution in [1.82, 2.24) is 0 Å². The molecule has 2 heteroatoms. The highest BCUT2D eigenvalue weighted by Crippen LogP contribution is 2.15.